The molecule has 1 aliphatic heterocycles. The van der Waals surface area contributed by atoms with Crippen molar-refractivity contribution in [2.75, 3.05) is 19.1 Å². The molecule has 0 radical (unpaired) electrons. The fourth-order valence-corrected chi connectivity index (χ4v) is 3.21. The number of pyridine rings is 3. The van der Waals surface area contributed by atoms with Crippen LogP contribution in [0.2, 0.25) is 0 Å². The number of rotatable bonds is 5. The van der Waals surface area contributed by atoms with Gasteiger partial charge in [-0.25, -0.2) is 4.98 Å². The Morgan fingerprint density at radius 3 is 2.61 bits per heavy atom. The van der Waals surface area contributed by atoms with Gasteiger partial charge in [0.05, 0.1) is 49.6 Å². The number of carbonyl (C=O) groups is 1. The van der Waals surface area contributed by atoms with Gasteiger partial charge < -0.3 is 14.4 Å². The van der Waals surface area contributed by atoms with Gasteiger partial charge in [-0.05, 0) is 36.8 Å². The molecule has 0 fully saturated rings. The summed E-state index contributed by atoms with van der Waals surface area (Å²) in [7, 11) is 3.11. The van der Waals surface area contributed by atoms with Gasteiger partial charge in [0.15, 0.2) is 5.75 Å². The molecule has 0 atom stereocenters. The first-order valence-electron chi connectivity index (χ1n) is 8.99. The molecular formula is C21H20N4O3. The highest BCUT2D eigenvalue weighted by atomic mass is 16.5. The van der Waals surface area contributed by atoms with Gasteiger partial charge in [-0.3, -0.25) is 14.8 Å². The number of carbonyl (C=O) groups excluding carboxylic acids is 1. The molecule has 0 saturated heterocycles. The number of hydrogen-bond donors (Lipinski definition) is 0. The minimum Gasteiger partial charge on any atom is -0.491 e. The van der Waals surface area contributed by atoms with E-state index in [0.717, 1.165) is 34.8 Å². The third kappa shape index (κ3) is 3.05. The van der Waals surface area contributed by atoms with Gasteiger partial charge >= 0.3 is 0 Å². The zero-order valence-electron chi connectivity index (χ0n) is 16.0. The van der Waals surface area contributed by atoms with Gasteiger partial charge in [-0.2, -0.15) is 0 Å². The van der Waals surface area contributed by atoms with Crippen LogP contribution in [-0.2, 0) is 13.0 Å². The molecule has 7 heteroatoms. The number of aromatic nitrogens is 3. The van der Waals surface area contributed by atoms with Gasteiger partial charge in [0.25, 0.3) is 11.8 Å². The van der Waals surface area contributed by atoms with Crippen LogP contribution in [0.3, 0.4) is 0 Å². The Bertz CT molecular complexity index is 1030. The molecule has 0 aromatic carbocycles. The lowest BCUT2D eigenvalue weighted by molar-refractivity contribution is 0.0996. The van der Waals surface area contributed by atoms with Crippen LogP contribution in [0.25, 0.3) is 11.3 Å². The molecule has 142 valence electrons. The lowest BCUT2D eigenvalue weighted by Gasteiger charge is -2.15. The second kappa shape index (κ2) is 7.26. The maximum atomic E-state index is 12.8. The molecule has 1 aliphatic rings. The highest BCUT2D eigenvalue weighted by Crippen LogP contribution is 2.32. The largest absolute Gasteiger partial charge is 0.491 e. The molecule has 28 heavy (non-hydrogen) atoms. The first-order valence-corrected chi connectivity index (χ1v) is 8.99. The van der Waals surface area contributed by atoms with E-state index >= 15 is 0 Å². The highest BCUT2D eigenvalue weighted by molar-refractivity contribution is 6.09. The molecular weight excluding hydrogens is 356 g/mol. The van der Waals surface area contributed by atoms with Crippen LogP contribution in [0.15, 0.2) is 42.7 Å². The summed E-state index contributed by atoms with van der Waals surface area (Å²) in [6.07, 6.45) is 4.28. The van der Waals surface area contributed by atoms with Crippen molar-refractivity contribution >= 4 is 11.6 Å². The van der Waals surface area contributed by atoms with E-state index in [2.05, 4.69) is 9.97 Å². The summed E-state index contributed by atoms with van der Waals surface area (Å²) in [4.78, 5) is 27.8. The number of ether oxygens (including phenoxy) is 2. The quantitative estimate of drug-likeness (QED) is 0.680. The number of nitrogens with zero attached hydrogens (tertiary/aromatic N) is 4. The maximum Gasteiger partial charge on any atom is 0.260 e. The molecule has 0 saturated carbocycles. The Kier molecular flexibility index (Phi) is 4.65. The number of methoxy groups -OCH3 is 2. The number of fused-ring (bicyclic) bond motifs is 1. The first kappa shape index (κ1) is 17.9. The molecule has 3 aromatic rings. The van der Waals surface area contributed by atoms with E-state index in [1.165, 1.54) is 0 Å². The Balaban J connectivity index is 1.65. The summed E-state index contributed by atoms with van der Waals surface area (Å²) < 4.78 is 10.5. The second-order valence-electron chi connectivity index (χ2n) is 6.38. The van der Waals surface area contributed by atoms with Crippen molar-refractivity contribution in [2.45, 2.75) is 19.9 Å². The lowest BCUT2D eigenvalue weighted by atomic mass is 10.1. The van der Waals surface area contributed by atoms with Gasteiger partial charge in [-0.15, -0.1) is 0 Å². The highest BCUT2D eigenvalue weighted by Gasteiger charge is 2.30. The van der Waals surface area contributed by atoms with E-state index in [1.807, 2.05) is 37.3 Å². The van der Waals surface area contributed by atoms with E-state index in [9.17, 15) is 4.79 Å². The minimum absolute atomic E-state index is 0.0643. The number of aryl methyl sites for hydroxylation is 1. The van der Waals surface area contributed by atoms with Gasteiger partial charge in [-0.1, -0.05) is 6.92 Å². The normalized spacial score (nSPS) is 12.8. The van der Waals surface area contributed by atoms with Crippen LogP contribution in [-0.4, -0.2) is 35.1 Å². The van der Waals surface area contributed by atoms with Crippen LogP contribution in [0.4, 0.5) is 5.69 Å². The maximum absolute atomic E-state index is 12.8. The minimum atomic E-state index is -0.0643. The molecule has 0 unspecified atom stereocenters. The second-order valence-corrected chi connectivity index (χ2v) is 6.38. The van der Waals surface area contributed by atoms with E-state index in [1.54, 1.807) is 31.5 Å². The van der Waals surface area contributed by atoms with Gasteiger partial charge in [0.1, 0.15) is 0 Å². The van der Waals surface area contributed by atoms with Crippen LogP contribution in [0.5, 0.6) is 11.6 Å². The number of hydrogen-bond acceptors (Lipinski definition) is 6. The van der Waals surface area contributed by atoms with Crippen molar-refractivity contribution in [2.24, 2.45) is 0 Å². The molecule has 4 rings (SSSR count). The SMILES string of the molecule is CCc1ccc(N2Cc3nc(-c4cnc(OC)c(OC)c4)ccc3C2=O)cn1. The fraction of sp³-hybridized carbons (Fsp3) is 0.238. The monoisotopic (exact) mass is 376 g/mol. The van der Waals surface area contributed by atoms with Crippen molar-refractivity contribution in [3.8, 4) is 22.9 Å². The zero-order chi connectivity index (χ0) is 19.7. The Morgan fingerprint density at radius 1 is 1.07 bits per heavy atom. The fourth-order valence-electron chi connectivity index (χ4n) is 3.21. The molecule has 3 aromatic heterocycles. The number of amides is 1. The van der Waals surface area contributed by atoms with Crippen LogP contribution in [0, 0.1) is 0 Å². The first-order chi connectivity index (χ1) is 13.6. The standard InChI is InChI=1S/C21H20N4O3/c1-4-14-5-6-15(11-22-14)25-12-18-16(21(25)26)7-8-17(24-18)13-9-19(27-2)20(28-3)23-10-13/h5-11H,4,12H2,1-3H3. The van der Waals surface area contributed by atoms with Crippen molar-refractivity contribution in [3.05, 3.63) is 59.7 Å². The Labute approximate surface area is 163 Å². The molecule has 0 spiro atoms. The van der Waals surface area contributed by atoms with Gasteiger partial charge in [0.2, 0.25) is 0 Å². The van der Waals surface area contributed by atoms with Crippen LogP contribution in [0.1, 0.15) is 28.7 Å². The summed E-state index contributed by atoms with van der Waals surface area (Å²) in [6, 6.07) is 9.32. The van der Waals surface area contributed by atoms with Crippen LogP contribution >= 0.6 is 0 Å². The summed E-state index contributed by atoms with van der Waals surface area (Å²) in [5, 5.41) is 0. The van der Waals surface area contributed by atoms with Crippen LogP contribution < -0.4 is 14.4 Å². The predicted molar refractivity (Wildman–Crippen MR) is 105 cm³/mol. The van der Waals surface area contributed by atoms with Crippen molar-refractivity contribution in [1.29, 1.82) is 0 Å². The van der Waals surface area contributed by atoms with Crippen molar-refractivity contribution in [1.82, 2.24) is 15.0 Å². The third-order valence-electron chi connectivity index (χ3n) is 4.77. The van der Waals surface area contributed by atoms with E-state index in [-0.39, 0.29) is 5.91 Å². The average Bonchev–Trinajstić information content (AvgIpc) is 3.09. The Hall–Kier alpha value is -3.48. The summed E-state index contributed by atoms with van der Waals surface area (Å²) in [6.45, 7) is 2.46. The lowest BCUT2D eigenvalue weighted by Crippen LogP contribution is -2.23. The molecule has 0 N–H and O–H groups in total. The predicted octanol–water partition coefficient (Wildman–Crippen LogP) is 3.28. The third-order valence-corrected chi connectivity index (χ3v) is 4.77. The summed E-state index contributed by atoms with van der Waals surface area (Å²) in [5.74, 6) is 0.879. The Morgan fingerprint density at radius 2 is 1.93 bits per heavy atom. The smallest absolute Gasteiger partial charge is 0.260 e. The summed E-state index contributed by atoms with van der Waals surface area (Å²) in [5.41, 5.74) is 4.62. The molecule has 1 amide bonds. The number of anilines is 1. The average molecular weight is 376 g/mol. The van der Waals surface area contributed by atoms with E-state index < -0.39 is 0 Å². The molecule has 4 heterocycles. The van der Waals surface area contributed by atoms with E-state index in [0.29, 0.717) is 23.7 Å². The van der Waals surface area contributed by atoms with Gasteiger partial charge in [0, 0.05) is 17.5 Å². The van der Waals surface area contributed by atoms with Crippen molar-refractivity contribution in [3.63, 3.8) is 0 Å². The molecule has 7 nitrogen and oxygen atoms in total. The van der Waals surface area contributed by atoms with E-state index in [4.69, 9.17) is 14.5 Å². The molecule has 0 bridgehead atoms. The summed E-state index contributed by atoms with van der Waals surface area (Å²) >= 11 is 0. The molecule has 0 aliphatic carbocycles. The zero-order valence-corrected chi connectivity index (χ0v) is 16.0. The van der Waals surface area contributed by atoms with Crippen molar-refractivity contribution < 1.29 is 14.3 Å². The topological polar surface area (TPSA) is 77.4 Å².